The number of rotatable bonds is 7. The van der Waals surface area contributed by atoms with Gasteiger partial charge in [-0.05, 0) is 25.1 Å². The fourth-order valence-corrected chi connectivity index (χ4v) is 3.46. The second-order valence-electron chi connectivity index (χ2n) is 6.67. The van der Waals surface area contributed by atoms with Crippen molar-refractivity contribution in [2.45, 2.75) is 13.0 Å². The Kier molecular flexibility index (Phi) is 6.54. The predicted molar refractivity (Wildman–Crippen MR) is 115 cm³/mol. The maximum Gasteiger partial charge on any atom is 0.319 e. The first-order valence-electron chi connectivity index (χ1n) is 9.46. The summed E-state index contributed by atoms with van der Waals surface area (Å²) in [7, 11) is 6.07. The van der Waals surface area contributed by atoms with Gasteiger partial charge in [0.1, 0.15) is 11.5 Å². The molecule has 2 aromatic carbocycles. The average molecular weight is 427 g/mol. The number of carbonyl (C=O) groups excluding carboxylic acids is 2. The molecule has 0 saturated carbocycles. The Morgan fingerprint density at radius 2 is 1.71 bits per heavy atom. The van der Waals surface area contributed by atoms with Gasteiger partial charge in [0.15, 0.2) is 11.5 Å². The highest BCUT2D eigenvalue weighted by atomic mass is 16.5. The molecule has 0 aromatic heterocycles. The van der Waals surface area contributed by atoms with Crippen LogP contribution in [0.4, 0.5) is 10.5 Å². The van der Waals surface area contributed by atoms with Gasteiger partial charge in [0.25, 0.3) is 5.91 Å². The van der Waals surface area contributed by atoms with E-state index in [1.165, 1.54) is 21.3 Å². The molecule has 2 aromatic rings. The van der Waals surface area contributed by atoms with Crippen molar-refractivity contribution in [3.05, 3.63) is 53.2 Å². The second-order valence-corrected chi connectivity index (χ2v) is 6.67. The summed E-state index contributed by atoms with van der Waals surface area (Å²) in [6, 6.07) is 9.15. The summed E-state index contributed by atoms with van der Waals surface area (Å²) in [6.45, 7) is 1.67. The summed E-state index contributed by atoms with van der Waals surface area (Å²) in [5, 5.41) is 8.30. The molecule has 1 aliphatic rings. The quantitative estimate of drug-likeness (QED) is 0.627. The second kappa shape index (κ2) is 9.29. The van der Waals surface area contributed by atoms with E-state index < -0.39 is 18.0 Å². The maximum absolute atomic E-state index is 13.3. The van der Waals surface area contributed by atoms with E-state index in [1.807, 2.05) is 0 Å². The number of hydrogen-bond donors (Lipinski definition) is 3. The van der Waals surface area contributed by atoms with Crippen molar-refractivity contribution in [1.82, 2.24) is 10.6 Å². The number of allylic oxidation sites excluding steroid dienone is 1. The number of para-hydroxylation sites is 1. The number of methoxy groups -OCH3 is 4. The molecule has 0 fully saturated rings. The van der Waals surface area contributed by atoms with E-state index in [4.69, 9.17) is 18.9 Å². The van der Waals surface area contributed by atoms with Crippen LogP contribution in [0.25, 0.3) is 0 Å². The normalized spacial score (nSPS) is 15.5. The Labute approximate surface area is 180 Å². The molecule has 1 aliphatic heterocycles. The first kappa shape index (κ1) is 21.8. The van der Waals surface area contributed by atoms with Gasteiger partial charge in [-0.3, -0.25) is 4.79 Å². The monoisotopic (exact) mass is 427 g/mol. The molecule has 9 heteroatoms. The molecular weight excluding hydrogens is 402 g/mol. The van der Waals surface area contributed by atoms with Crippen LogP contribution in [0.5, 0.6) is 23.0 Å². The van der Waals surface area contributed by atoms with Crippen LogP contribution in [0.3, 0.4) is 0 Å². The highest BCUT2D eigenvalue weighted by Gasteiger charge is 2.34. The summed E-state index contributed by atoms with van der Waals surface area (Å²) >= 11 is 0. The number of ether oxygens (including phenoxy) is 4. The summed E-state index contributed by atoms with van der Waals surface area (Å²) in [5.41, 5.74) is 1.79. The summed E-state index contributed by atoms with van der Waals surface area (Å²) in [5.74, 6) is 1.53. The zero-order valence-corrected chi connectivity index (χ0v) is 18.0. The van der Waals surface area contributed by atoms with Crippen LogP contribution in [0.1, 0.15) is 18.5 Å². The lowest BCUT2D eigenvalue weighted by Crippen LogP contribution is -2.46. The third-order valence-electron chi connectivity index (χ3n) is 4.92. The van der Waals surface area contributed by atoms with Crippen LogP contribution < -0.4 is 34.9 Å². The highest BCUT2D eigenvalue weighted by Crippen LogP contribution is 2.39. The van der Waals surface area contributed by atoms with Gasteiger partial charge in [0.2, 0.25) is 0 Å². The van der Waals surface area contributed by atoms with Crippen molar-refractivity contribution in [2.24, 2.45) is 0 Å². The molecule has 0 saturated heterocycles. The van der Waals surface area contributed by atoms with E-state index >= 15 is 0 Å². The Morgan fingerprint density at radius 1 is 0.968 bits per heavy atom. The first-order chi connectivity index (χ1) is 14.9. The molecule has 0 bridgehead atoms. The highest BCUT2D eigenvalue weighted by molar-refractivity contribution is 6.07. The summed E-state index contributed by atoms with van der Waals surface area (Å²) < 4.78 is 21.4. The smallest absolute Gasteiger partial charge is 0.319 e. The molecule has 0 radical (unpaired) electrons. The molecule has 1 heterocycles. The van der Waals surface area contributed by atoms with Gasteiger partial charge in [-0.2, -0.15) is 0 Å². The maximum atomic E-state index is 13.3. The third kappa shape index (κ3) is 4.35. The standard InChI is InChI=1S/C22H25N3O6/c1-12-18(21(26)24-15-10-9-13(28-2)11-17(15)30-4)19(25-22(27)23-12)14-7-6-8-16(29-3)20(14)31-5/h6-11,19H,1-5H3,(H,24,26)(H2,23,25,27)/t19-/m1/s1. The van der Waals surface area contributed by atoms with E-state index in [0.29, 0.717) is 45.5 Å². The number of benzene rings is 2. The van der Waals surface area contributed by atoms with Crippen LogP contribution in [-0.4, -0.2) is 40.4 Å². The van der Waals surface area contributed by atoms with Gasteiger partial charge >= 0.3 is 6.03 Å². The molecule has 164 valence electrons. The van der Waals surface area contributed by atoms with E-state index in [2.05, 4.69) is 16.0 Å². The van der Waals surface area contributed by atoms with E-state index in [9.17, 15) is 9.59 Å². The molecule has 0 aliphatic carbocycles. The van der Waals surface area contributed by atoms with Gasteiger partial charge < -0.3 is 34.9 Å². The van der Waals surface area contributed by atoms with E-state index in [-0.39, 0.29) is 0 Å². The lowest BCUT2D eigenvalue weighted by Gasteiger charge is -2.30. The van der Waals surface area contributed by atoms with Gasteiger partial charge in [0, 0.05) is 17.3 Å². The molecule has 3 rings (SSSR count). The summed E-state index contributed by atoms with van der Waals surface area (Å²) in [4.78, 5) is 25.5. The van der Waals surface area contributed by atoms with E-state index in [0.717, 1.165) is 0 Å². The number of amides is 3. The fraction of sp³-hybridized carbons (Fsp3) is 0.273. The van der Waals surface area contributed by atoms with Crippen molar-refractivity contribution in [1.29, 1.82) is 0 Å². The van der Waals surface area contributed by atoms with Crippen LogP contribution in [-0.2, 0) is 4.79 Å². The average Bonchev–Trinajstić information content (AvgIpc) is 2.77. The third-order valence-corrected chi connectivity index (χ3v) is 4.92. The zero-order valence-electron chi connectivity index (χ0n) is 18.0. The number of hydrogen-bond acceptors (Lipinski definition) is 6. The van der Waals surface area contributed by atoms with E-state index in [1.54, 1.807) is 50.4 Å². The number of anilines is 1. The van der Waals surface area contributed by atoms with Crippen LogP contribution >= 0.6 is 0 Å². The molecule has 0 spiro atoms. The van der Waals surface area contributed by atoms with Crippen LogP contribution in [0.2, 0.25) is 0 Å². The van der Waals surface area contributed by atoms with Gasteiger partial charge in [-0.25, -0.2) is 4.79 Å². The lowest BCUT2D eigenvalue weighted by molar-refractivity contribution is -0.113. The van der Waals surface area contributed by atoms with Crippen molar-refractivity contribution in [3.63, 3.8) is 0 Å². The minimum atomic E-state index is -0.761. The van der Waals surface area contributed by atoms with Gasteiger partial charge in [0.05, 0.1) is 45.7 Å². The minimum Gasteiger partial charge on any atom is -0.497 e. The van der Waals surface area contributed by atoms with Crippen molar-refractivity contribution in [3.8, 4) is 23.0 Å². The molecular formula is C22H25N3O6. The molecule has 31 heavy (non-hydrogen) atoms. The minimum absolute atomic E-state index is 0.323. The SMILES string of the molecule is COc1ccc(NC(=O)C2=C(C)NC(=O)N[C@@H]2c2cccc(OC)c2OC)c(OC)c1. The van der Waals surface area contributed by atoms with Crippen LogP contribution in [0, 0.1) is 0 Å². The largest absolute Gasteiger partial charge is 0.497 e. The van der Waals surface area contributed by atoms with Gasteiger partial charge in [-0.15, -0.1) is 0 Å². The fourth-order valence-electron chi connectivity index (χ4n) is 3.46. The Balaban J connectivity index is 2.03. The lowest BCUT2D eigenvalue weighted by atomic mass is 9.93. The number of carbonyl (C=O) groups is 2. The predicted octanol–water partition coefficient (Wildman–Crippen LogP) is 2.99. The first-order valence-corrected chi connectivity index (χ1v) is 9.46. The van der Waals surface area contributed by atoms with Crippen molar-refractivity contribution < 1.29 is 28.5 Å². The molecule has 1 atom stereocenters. The molecule has 3 amide bonds. The molecule has 3 N–H and O–H groups in total. The topological polar surface area (TPSA) is 107 Å². The van der Waals surface area contributed by atoms with Crippen LogP contribution in [0.15, 0.2) is 47.7 Å². The molecule has 9 nitrogen and oxygen atoms in total. The van der Waals surface area contributed by atoms with Gasteiger partial charge in [-0.1, -0.05) is 12.1 Å². The Bertz CT molecular complexity index is 1030. The number of urea groups is 1. The Hall–Kier alpha value is -3.88. The molecule has 0 unspecified atom stereocenters. The van der Waals surface area contributed by atoms with Crippen molar-refractivity contribution in [2.75, 3.05) is 33.8 Å². The zero-order chi connectivity index (χ0) is 22.5. The van der Waals surface area contributed by atoms with Crippen molar-refractivity contribution >= 4 is 17.6 Å². The Morgan fingerprint density at radius 3 is 2.35 bits per heavy atom. The summed E-state index contributed by atoms with van der Waals surface area (Å²) in [6.07, 6.45) is 0. The number of nitrogens with one attached hydrogen (secondary N) is 3.